The van der Waals surface area contributed by atoms with Crippen molar-refractivity contribution in [2.24, 2.45) is 0 Å². The van der Waals surface area contributed by atoms with Crippen LogP contribution in [0.1, 0.15) is 60.4 Å². The van der Waals surface area contributed by atoms with Crippen LogP contribution in [0.5, 0.6) is 5.75 Å². The molecule has 45 heavy (non-hydrogen) atoms. The normalized spacial score (nSPS) is 13.2. The van der Waals surface area contributed by atoms with Crippen molar-refractivity contribution in [3.8, 4) is 17.0 Å². The van der Waals surface area contributed by atoms with Gasteiger partial charge in [0.25, 0.3) is 0 Å². The molecule has 1 aromatic heterocycles. The zero-order valence-corrected chi connectivity index (χ0v) is 27.2. The molecule has 5 nitrogen and oxygen atoms in total. The predicted octanol–water partition coefficient (Wildman–Crippen LogP) is 10.2. The highest BCUT2D eigenvalue weighted by Crippen LogP contribution is 2.32. The van der Waals surface area contributed by atoms with Gasteiger partial charge in [-0.15, -0.1) is 0 Å². The van der Waals surface area contributed by atoms with E-state index in [4.69, 9.17) is 37.7 Å². The van der Waals surface area contributed by atoms with Crippen LogP contribution in [0, 0.1) is 0 Å². The average Bonchev–Trinajstić information content (AvgIpc) is 3.25. The van der Waals surface area contributed by atoms with Crippen molar-refractivity contribution in [2.75, 3.05) is 13.7 Å². The van der Waals surface area contributed by atoms with Gasteiger partial charge >= 0.3 is 5.97 Å². The second-order valence-corrected chi connectivity index (χ2v) is 11.7. The van der Waals surface area contributed by atoms with Crippen LogP contribution < -0.4 is 4.74 Å². The van der Waals surface area contributed by atoms with Gasteiger partial charge in [-0.25, -0.2) is 9.78 Å². The van der Waals surface area contributed by atoms with E-state index < -0.39 is 0 Å². The Morgan fingerprint density at radius 2 is 1.87 bits per heavy atom. The highest BCUT2D eigenvalue weighted by atomic mass is 35.5. The number of esters is 1. The Balaban J connectivity index is 1.45. The fraction of sp³-hybridized carbons (Fsp3) is 0.211. The van der Waals surface area contributed by atoms with Gasteiger partial charge in [0.05, 0.1) is 30.0 Å². The number of hydrogen-bond acceptors (Lipinski definition) is 4. The lowest BCUT2D eigenvalue weighted by Gasteiger charge is -2.09. The highest BCUT2D eigenvalue weighted by molar-refractivity contribution is 6.36. The zero-order chi connectivity index (χ0) is 31.8. The van der Waals surface area contributed by atoms with Gasteiger partial charge in [0, 0.05) is 23.3 Å². The molecule has 0 saturated heterocycles. The molecule has 3 aromatic carbocycles. The summed E-state index contributed by atoms with van der Waals surface area (Å²) in [5, 5.41) is 1.11. The summed E-state index contributed by atoms with van der Waals surface area (Å²) in [6.07, 6.45) is 15.8. The number of benzene rings is 3. The molecule has 0 amide bonds. The molecular weight excluding hydrogens is 603 g/mol. The molecular formula is C38H36Cl2N2O3. The molecule has 0 bridgehead atoms. The van der Waals surface area contributed by atoms with E-state index in [1.54, 1.807) is 18.2 Å². The maximum Gasteiger partial charge on any atom is 0.337 e. The smallest absolute Gasteiger partial charge is 0.337 e. The number of rotatable bonds is 11. The quantitative estimate of drug-likeness (QED) is 0.121. The van der Waals surface area contributed by atoms with Gasteiger partial charge in [-0.2, -0.15) is 0 Å². The molecule has 1 heterocycles. The number of halogens is 2. The average molecular weight is 640 g/mol. The first kappa shape index (κ1) is 32.1. The minimum Gasteiger partial charge on any atom is -0.494 e. The van der Waals surface area contributed by atoms with Crippen LogP contribution in [0.2, 0.25) is 10.0 Å². The van der Waals surface area contributed by atoms with E-state index in [0.29, 0.717) is 22.2 Å². The van der Waals surface area contributed by atoms with Crippen LogP contribution >= 0.6 is 23.2 Å². The van der Waals surface area contributed by atoms with E-state index in [2.05, 4.69) is 60.9 Å². The van der Waals surface area contributed by atoms with E-state index in [1.807, 2.05) is 42.6 Å². The van der Waals surface area contributed by atoms with Gasteiger partial charge in [-0.1, -0.05) is 85.1 Å². The van der Waals surface area contributed by atoms with Crippen LogP contribution in [0.15, 0.2) is 108 Å². The molecule has 4 aromatic rings. The van der Waals surface area contributed by atoms with Crippen molar-refractivity contribution in [2.45, 2.75) is 39.7 Å². The van der Waals surface area contributed by atoms with E-state index in [0.717, 1.165) is 71.0 Å². The number of allylic oxidation sites excluding steroid dienone is 7. The van der Waals surface area contributed by atoms with Crippen molar-refractivity contribution >= 4 is 40.8 Å². The van der Waals surface area contributed by atoms with Crippen molar-refractivity contribution in [1.82, 2.24) is 9.55 Å². The van der Waals surface area contributed by atoms with Crippen molar-refractivity contribution < 1.29 is 14.3 Å². The molecule has 0 radical (unpaired) electrons. The van der Waals surface area contributed by atoms with Gasteiger partial charge in [0.2, 0.25) is 0 Å². The van der Waals surface area contributed by atoms with E-state index in [-0.39, 0.29) is 5.97 Å². The van der Waals surface area contributed by atoms with Gasteiger partial charge in [-0.05, 0) is 96.2 Å². The van der Waals surface area contributed by atoms with Crippen LogP contribution in [0.4, 0.5) is 0 Å². The summed E-state index contributed by atoms with van der Waals surface area (Å²) in [5.74, 6) is 1.32. The van der Waals surface area contributed by atoms with Crippen LogP contribution in [-0.4, -0.2) is 29.2 Å². The molecule has 0 saturated carbocycles. The summed E-state index contributed by atoms with van der Waals surface area (Å²) in [4.78, 5) is 16.9. The third-order valence-electron chi connectivity index (χ3n) is 7.63. The molecule has 0 aliphatic heterocycles. The number of imidazole rings is 1. The highest BCUT2D eigenvalue weighted by Gasteiger charge is 2.14. The number of methoxy groups -OCH3 is 1. The largest absolute Gasteiger partial charge is 0.494 e. The van der Waals surface area contributed by atoms with Crippen LogP contribution in [0.3, 0.4) is 0 Å². The number of carbonyl (C=O) groups excluding carboxylic acids is 1. The molecule has 1 aliphatic rings. The number of aromatic nitrogens is 2. The monoisotopic (exact) mass is 638 g/mol. The molecule has 0 N–H and O–H groups in total. The Bertz CT molecular complexity index is 1800. The van der Waals surface area contributed by atoms with E-state index >= 15 is 0 Å². The van der Waals surface area contributed by atoms with Crippen molar-refractivity contribution in [3.63, 3.8) is 0 Å². The molecule has 5 rings (SSSR count). The third-order valence-corrected chi connectivity index (χ3v) is 8.18. The Labute approximate surface area is 275 Å². The molecule has 1 aliphatic carbocycles. The van der Waals surface area contributed by atoms with Crippen LogP contribution in [-0.2, 0) is 11.3 Å². The summed E-state index contributed by atoms with van der Waals surface area (Å²) in [6, 6.07) is 21.1. The minimum absolute atomic E-state index is 0.362. The molecule has 0 spiro atoms. The zero-order valence-electron chi connectivity index (χ0n) is 25.7. The second-order valence-electron chi connectivity index (χ2n) is 10.9. The predicted molar refractivity (Wildman–Crippen MR) is 185 cm³/mol. The summed E-state index contributed by atoms with van der Waals surface area (Å²) in [5.41, 5.74) is 7.64. The third kappa shape index (κ3) is 8.24. The topological polar surface area (TPSA) is 53.4 Å². The number of ether oxygens (including phenoxy) is 2. The maximum atomic E-state index is 11.9. The molecule has 230 valence electrons. The SMILES string of the molecule is CCCCOc1cccc(C2=CC=C(/C(C)=C/c3nc(-c4ccc(Cl)cc4Cl)cn3Cc3ccc(C(=O)OC)cc3)CC=C2)c1. The fourth-order valence-electron chi connectivity index (χ4n) is 5.06. The maximum absolute atomic E-state index is 11.9. The standard InChI is InChI=1S/C38H36Cl2N2O3/c1-4-5-20-45-33-11-7-10-31(22-33)29-9-6-8-28(16-17-29)26(2)21-37-41-36(34-19-18-32(39)23-35(34)40)25-42(37)24-27-12-14-30(15-13-27)38(43)44-3/h6-7,9-19,21-23,25H,4-5,8,20,24H2,1-3H3/b26-21+. The first-order valence-corrected chi connectivity index (χ1v) is 15.8. The number of unbranched alkanes of at least 4 members (excludes halogenated alkanes) is 1. The Morgan fingerprint density at radius 1 is 1.04 bits per heavy atom. The molecule has 7 heteroatoms. The number of carbonyl (C=O) groups is 1. The summed E-state index contributed by atoms with van der Waals surface area (Å²) in [6.45, 7) is 5.55. The molecule has 0 unspecified atom stereocenters. The first-order valence-electron chi connectivity index (χ1n) is 15.0. The Morgan fingerprint density at radius 3 is 2.62 bits per heavy atom. The first-order chi connectivity index (χ1) is 21.8. The van der Waals surface area contributed by atoms with Crippen LogP contribution in [0.25, 0.3) is 22.9 Å². The van der Waals surface area contributed by atoms with Crippen molar-refractivity contribution in [3.05, 3.63) is 141 Å². The van der Waals surface area contributed by atoms with E-state index in [9.17, 15) is 4.79 Å². The van der Waals surface area contributed by atoms with Gasteiger partial charge in [0.1, 0.15) is 11.6 Å². The van der Waals surface area contributed by atoms with Crippen molar-refractivity contribution in [1.29, 1.82) is 0 Å². The Hall–Kier alpha value is -4.32. The molecule has 0 atom stereocenters. The van der Waals surface area contributed by atoms with Gasteiger partial charge in [0.15, 0.2) is 0 Å². The summed E-state index contributed by atoms with van der Waals surface area (Å²) in [7, 11) is 1.38. The summed E-state index contributed by atoms with van der Waals surface area (Å²) < 4.78 is 12.9. The summed E-state index contributed by atoms with van der Waals surface area (Å²) >= 11 is 12.7. The van der Waals surface area contributed by atoms with Gasteiger partial charge < -0.3 is 14.0 Å². The lowest BCUT2D eigenvalue weighted by Crippen LogP contribution is -2.04. The lowest BCUT2D eigenvalue weighted by molar-refractivity contribution is 0.0600. The minimum atomic E-state index is -0.362. The Kier molecular flexibility index (Phi) is 10.8. The van der Waals surface area contributed by atoms with E-state index in [1.165, 1.54) is 12.7 Å². The fourth-order valence-corrected chi connectivity index (χ4v) is 5.56. The number of nitrogens with zero attached hydrogens (tertiary/aromatic N) is 2. The molecule has 0 fully saturated rings. The second kappa shape index (κ2) is 15.1. The number of hydrogen-bond donors (Lipinski definition) is 0. The lowest BCUT2D eigenvalue weighted by atomic mass is 10.0. The van der Waals surface area contributed by atoms with Gasteiger partial charge in [-0.3, -0.25) is 0 Å².